The van der Waals surface area contributed by atoms with Crippen LogP contribution in [0.4, 0.5) is 0 Å². The third-order valence-corrected chi connectivity index (χ3v) is 6.33. The van der Waals surface area contributed by atoms with Crippen molar-refractivity contribution in [3.05, 3.63) is 0 Å². The Morgan fingerprint density at radius 2 is 1.27 bits per heavy atom. The first-order valence-corrected chi connectivity index (χ1v) is 12.6. The molecule has 0 aromatic carbocycles. The zero-order chi connectivity index (χ0) is 20.4. The lowest BCUT2D eigenvalue weighted by molar-refractivity contribution is 0.0570. The monoisotopic (exact) mass is 385 g/mol. The van der Waals surface area contributed by atoms with E-state index in [-0.39, 0.29) is 0 Å². The first-order valence-electron chi connectivity index (χ1n) is 11.5. The molecule has 158 valence electrons. The molecule has 0 spiro atoms. The Morgan fingerprint density at radius 3 is 1.69 bits per heavy atom. The van der Waals surface area contributed by atoms with E-state index in [2.05, 4.69) is 55.7 Å². The van der Waals surface area contributed by atoms with Crippen LogP contribution in [-0.4, -0.2) is 31.2 Å². The number of piperidine rings is 1. The minimum absolute atomic E-state index is 0.458. The summed E-state index contributed by atoms with van der Waals surface area (Å²) in [5.74, 6) is 2.91. The minimum atomic E-state index is 0.458. The molecule has 1 heterocycles. The van der Waals surface area contributed by atoms with Gasteiger partial charge in [0.15, 0.2) is 0 Å². The Hall–Kier alpha value is 0.390. The Balaban J connectivity index is 0.00000146. The predicted molar refractivity (Wildman–Crippen MR) is 125 cm³/mol. The first-order chi connectivity index (χ1) is 12.2. The molecule has 1 atom stereocenters. The van der Waals surface area contributed by atoms with Gasteiger partial charge in [-0.25, -0.2) is 0 Å². The quantitative estimate of drug-likeness (QED) is 0.453. The molecule has 1 unspecified atom stereocenters. The van der Waals surface area contributed by atoms with E-state index in [1.54, 1.807) is 0 Å². The largest absolute Gasteiger partial charge is 0.303 e. The van der Waals surface area contributed by atoms with E-state index in [1.165, 1.54) is 64.6 Å². The van der Waals surface area contributed by atoms with Crippen LogP contribution in [0.1, 0.15) is 100 Å². The van der Waals surface area contributed by atoms with Crippen molar-refractivity contribution < 1.29 is 0 Å². The molecule has 0 bridgehead atoms. The molecule has 2 fully saturated rings. The van der Waals surface area contributed by atoms with E-state index in [4.69, 9.17) is 0 Å². The average molecular weight is 386 g/mol. The second-order valence-electron chi connectivity index (χ2n) is 10.4. The average Bonchev–Trinajstić information content (AvgIpc) is 2.59. The van der Waals surface area contributed by atoms with Gasteiger partial charge in [0.1, 0.15) is 0 Å². The molecule has 2 aliphatic rings. The predicted octanol–water partition coefficient (Wildman–Crippen LogP) is 7.50. The fourth-order valence-corrected chi connectivity index (χ4v) is 5.29. The molecule has 1 saturated carbocycles. The summed E-state index contributed by atoms with van der Waals surface area (Å²) < 4.78 is 0. The normalized spacial score (nSPS) is 25.6. The minimum Gasteiger partial charge on any atom is -0.303 e. The van der Waals surface area contributed by atoms with E-state index in [9.17, 15) is 0 Å². The van der Waals surface area contributed by atoms with Crippen LogP contribution in [-0.2, 0) is 0 Å². The molecule has 1 aliphatic heterocycles. The number of hydrogen-bond acceptors (Lipinski definition) is 1. The van der Waals surface area contributed by atoms with Crippen LogP contribution in [0.5, 0.6) is 0 Å². The smallest absolute Gasteiger partial charge is 0.000966 e. The van der Waals surface area contributed by atoms with Crippen LogP contribution < -0.4 is 0 Å². The van der Waals surface area contributed by atoms with Crippen LogP contribution in [0.25, 0.3) is 0 Å². The zero-order valence-corrected chi connectivity index (χ0v) is 21.0. The highest BCUT2D eigenvalue weighted by Crippen LogP contribution is 2.43. The Labute approximate surface area is 169 Å². The van der Waals surface area contributed by atoms with Crippen molar-refractivity contribution in [2.45, 2.75) is 100 Å². The summed E-state index contributed by atoms with van der Waals surface area (Å²) in [6.07, 6.45) is 10.1. The van der Waals surface area contributed by atoms with Crippen molar-refractivity contribution in [3.63, 3.8) is 0 Å². The van der Waals surface area contributed by atoms with Crippen molar-refractivity contribution in [1.82, 2.24) is 4.90 Å². The summed E-state index contributed by atoms with van der Waals surface area (Å²) in [4.78, 5) is 2.78. The molecule has 1 nitrogen and oxygen atoms in total. The second-order valence-corrected chi connectivity index (χ2v) is 10.4. The molecule has 0 aromatic heterocycles. The van der Waals surface area contributed by atoms with E-state index < -0.39 is 0 Å². The lowest BCUT2D eigenvalue weighted by atomic mass is 9.66. The molecule has 2 rings (SSSR count). The van der Waals surface area contributed by atoms with Gasteiger partial charge in [-0.15, -0.1) is 9.24 Å². The maximum atomic E-state index is 2.78. The number of hydrogen-bond donors (Lipinski definition) is 0. The number of nitrogens with zero attached hydrogens (tertiary/aromatic N) is 1. The molecule has 0 N–H and O–H groups in total. The van der Waals surface area contributed by atoms with Gasteiger partial charge in [0, 0.05) is 6.54 Å². The zero-order valence-electron chi connectivity index (χ0n) is 19.8. The molecular weight excluding hydrogens is 333 g/mol. The molecule has 2 heteroatoms. The van der Waals surface area contributed by atoms with Gasteiger partial charge >= 0.3 is 0 Å². The molecule has 0 aromatic rings. The van der Waals surface area contributed by atoms with Crippen molar-refractivity contribution >= 4 is 9.24 Å². The highest BCUT2D eigenvalue weighted by atomic mass is 31.0. The van der Waals surface area contributed by atoms with Crippen molar-refractivity contribution in [2.75, 3.05) is 26.3 Å². The van der Waals surface area contributed by atoms with Crippen molar-refractivity contribution in [1.29, 1.82) is 0 Å². The second kappa shape index (κ2) is 12.8. The fourth-order valence-electron chi connectivity index (χ4n) is 5.29. The lowest BCUT2D eigenvalue weighted by Gasteiger charge is -2.44. The van der Waals surface area contributed by atoms with Crippen LogP contribution in [0.15, 0.2) is 0 Å². The highest BCUT2D eigenvalue weighted by molar-refractivity contribution is 7.15. The van der Waals surface area contributed by atoms with E-state index in [0.29, 0.717) is 10.8 Å². The first kappa shape index (κ1) is 26.4. The SMILES string of the molecule is CC.CC1CCC(CN2CCC(C(C)(C)CC(C)(C)C)CC2)CC1.CP. The Morgan fingerprint density at radius 1 is 0.808 bits per heavy atom. The van der Waals surface area contributed by atoms with Crippen molar-refractivity contribution in [2.24, 2.45) is 28.6 Å². The Bertz CT molecular complexity index is 329. The van der Waals surface area contributed by atoms with Gasteiger partial charge in [0.25, 0.3) is 0 Å². The third kappa shape index (κ3) is 10.1. The molecule has 1 saturated heterocycles. The molecule has 26 heavy (non-hydrogen) atoms. The summed E-state index contributed by atoms with van der Waals surface area (Å²) in [6, 6.07) is 0. The fraction of sp³-hybridized carbons (Fsp3) is 1.00. The van der Waals surface area contributed by atoms with Crippen LogP contribution in [0.2, 0.25) is 0 Å². The summed E-state index contributed by atoms with van der Waals surface area (Å²) in [5, 5.41) is 0. The van der Waals surface area contributed by atoms with Gasteiger partial charge in [-0.1, -0.05) is 74.9 Å². The summed E-state index contributed by atoms with van der Waals surface area (Å²) in [6.45, 7) is 24.7. The van der Waals surface area contributed by atoms with Gasteiger partial charge in [0.05, 0.1) is 0 Å². The maximum Gasteiger partial charge on any atom is 0.000966 e. The van der Waals surface area contributed by atoms with E-state index in [0.717, 1.165) is 17.8 Å². The van der Waals surface area contributed by atoms with Crippen LogP contribution >= 0.6 is 9.24 Å². The Kier molecular flexibility index (Phi) is 13.0. The van der Waals surface area contributed by atoms with E-state index in [1.807, 2.05) is 20.5 Å². The standard InChI is InChI=1S/C21H41N.C2H6.CH5P/c1-17-7-9-18(10-8-17)15-22-13-11-19(12-14-22)21(5,6)16-20(2,3)4;2*1-2/h17-19H,7-16H2,1-6H3;1-2H3;2H2,1H3. The lowest BCUT2D eigenvalue weighted by Crippen LogP contribution is -2.42. The summed E-state index contributed by atoms with van der Waals surface area (Å²) >= 11 is 0. The number of likely N-dealkylation sites (tertiary alicyclic amines) is 1. The summed E-state index contributed by atoms with van der Waals surface area (Å²) in [5.41, 5.74) is 0.962. The van der Waals surface area contributed by atoms with Gasteiger partial charge in [0.2, 0.25) is 0 Å². The summed E-state index contributed by atoms with van der Waals surface area (Å²) in [7, 11) is 2.42. The molecule has 0 radical (unpaired) electrons. The topological polar surface area (TPSA) is 3.24 Å². The van der Waals surface area contributed by atoms with Crippen LogP contribution in [0, 0.1) is 28.6 Å². The maximum absolute atomic E-state index is 2.78. The number of rotatable bonds is 4. The molecule has 0 amide bonds. The highest BCUT2D eigenvalue weighted by Gasteiger charge is 2.35. The van der Waals surface area contributed by atoms with Gasteiger partial charge in [-0.2, -0.15) is 0 Å². The molecular formula is C24H52NP. The van der Waals surface area contributed by atoms with E-state index >= 15 is 0 Å². The van der Waals surface area contributed by atoms with Crippen LogP contribution in [0.3, 0.4) is 0 Å². The van der Waals surface area contributed by atoms with Gasteiger partial charge < -0.3 is 4.90 Å². The third-order valence-electron chi connectivity index (χ3n) is 6.33. The van der Waals surface area contributed by atoms with Crippen molar-refractivity contribution in [3.8, 4) is 0 Å². The van der Waals surface area contributed by atoms with Gasteiger partial charge in [-0.3, -0.25) is 0 Å². The molecule has 1 aliphatic carbocycles. The van der Waals surface area contributed by atoms with Gasteiger partial charge in [-0.05, 0) is 73.8 Å².